The number of anilines is 2. The zero-order chi connectivity index (χ0) is 20.1. The standard InChI is InChI=1S/C23H22FN3O2/c1-13-21(18-11-16(24)7-9-19(18)25-13)22(28)26-17-8-6-14-3-2-10-27(20(14)12-17)23(29)15-4-5-15/h6-9,11-12,15,25H,2-5,10H2,1H3,(H,26,28). The van der Waals surface area contributed by atoms with Crippen LogP contribution in [0.25, 0.3) is 10.9 Å². The van der Waals surface area contributed by atoms with Crippen LogP contribution in [0.15, 0.2) is 36.4 Å². The Bertz CT molecular complexity index is 1150. The lowest BCUT2D eigenvalue weighted by Gasteiger charge is -2.30. The van der Waals surface area contributed by atoms with Crippen LogP contribution in [0.2, 0.25) is 0 Å². The van der Waals surface area contributed by atoms with Gasteiger partial charge in [0.1, 0.15) is 5.82 Å². The summed E-state index contributed by atoms with van der Waals surface area (Å²) >= 11 is 0. The number of halogens is 1. The van der Waals surface area contributed by atoms with Crippen molar-refractivity contribution in [3.05, 3.63) is 59.0 Å². The lowest BCUT2D eigenvalue weighted by Crippen LogP contribution is -2.36. The molecule has 0 saturated heterocycles. The number of rotatable bonds is 3. The number of carbonyl (C=O) groups is 2. The number of nitrogens with zero attached hydrogens (tertiary/aromatic N) is 1. The molecule has 0 bridgehead atoms. The molecule has 0 spiro atoms. The van der Waals surface area contributed by atoms with Crippen LogP contribution in [0.4, 0.5) is 15.8 Å². The molecule has 5 nitrogen and oxygen atoms in total. The number of amides is 2. The van der Waals surface area contributed by atoms with E-state index >= 15 is 0 Å². The number of fused-ring (bicyclic) bond motifs is 2. The lowest BCUT2D eigenvalue weighted by atomic mass is 10.0. The molecule has 29 heavy (non-hydrogen) atoms. The molecule has 0 unspecified atom stereocenters. The average molecular weight is 391 g/mol. The first-order valence-electron chi connectivity index (χ1n) is 10.0. The molecule has 6 heteroatoms. The van der Waals surface area contributed by atoms with E-state index in [2.05, 4.69) is 10.3 Å². The highest BCUT2D eigenvalue weighted by atomic mass is 19.1. The molecule has 1 fully saturated rings. The van der Waals surface area contributed by atoms with Crippen LogP contribution in [-0.4, -0.2) is 23.3 Å². The van der Waals surface area contributed by atoms with Gasteiger partial charge in [-0.05, 0) is 68.5 Å². The summed E-state index contributed by atoms with van der Waals surface area (Å²) in [6, 6.07) is 10.1. The largest absolute Gasteiger partial charge is 0.358 e. The molecular weight excluding hydrogens is 369 g/mol. The van der Waals surface area contributed by atoms with Crippen LogP contribution >= 0.6 is 0 Å². The summed E-state index contributed by atoms with van der Waals surface area (Å²) in [6.07, 6.45) is 3.82. The molecule has 2 N–H and O–H groups in total. The summed E-state index contributed by atoms with van der Waals surface area (Å²) < 4.78 is 13.7. The minimum atomic E-state index is -0.381. The van der Waals surface area contributed by atoms with Gasteiger partial charge in [-0.2, -0.15) is 0 Å². The smallest absolute Gasteiger partial charge is 0.258 e. The summed E-state index contributed by atoms with van der Waals surface area (Å²) in [5, 5.41) is 3.49. The average Bonchev–Trinajstić information content (AvgIpc) is 3.49. The highest BCUT2D eigenvalue weighted by Crippen LogP contribution is 2.37. The normalized spacial score (nSPS) is 16.0. The Morgan fingerprint density at radius 2 is 2.00 bits per heavy atom. The first kappa shape index (κ1) is 17.9. The molecule has 0 atom stereocenters. The van der Waals surface area contributed by atoms with E-state index in [4.69, 9.17) is 0 Å². The number of aromatic amines is 1. The van der Waals surface area contributed by atoms with Crippen LogP contribution in [0, 0.1) is 18.7 Å². The number of aryl methyl sites for hydroxylation is 2. The van der Waals surface area contributed by atoms with Crippen molar-refractivity contribution in [3.63, 3.8) is 0 Å². The fraction of sp³-hybridized carbons (Fsp3) is 0.304. The topological polar surface area (TPSA) is 65.2 Å². The molecule has 1 aliphatic heterocycles. The molecule has 5 rings (SSSR count). The van der Waals surface area contributed by atoms with Crippen LogP contribution in [-0.2, 0) is 11.2 Å². The fourth-order valence-corrected chi connectivity index (χ4v) is 4.22. The van der Waals surface area contributed by atoms with Crippen molar-refractivity contribution in [2.45, 2.75) is 32.6 Å². The van der Waals surface area contributed by atoms with Gasteiger partial charge in [0, 0.05) is 40.4 Å². The summed E-state index contributed by atoms with van der Waals surface area (Å²) in [6.45, 7) is 2.52. The molecule has 1 saturated carbocycles. The predicted octanol–water partition coefficient (Wildman–Crippen LogP) is 4.56. The van der Waals surface area contributed by atoms with Crippen molar-refractivity contribution >= 4 is 34.1 Å². The van der Waals surface area contributed by atoms with Crippen molar-refractivity contribution in [1.82, 2.24) is 4.98 Å². The molecular formula is C23H22FN3O2. The third kappa shape index (κ3) is 3.18. The Kier molecular flexibility index (Phi) is 4.15. The van der Waals surface area contributed by atoms with Crippen molar-refractivity contribution in [2.75, 3.05) is 16.8 Å². The van der Waals surface area contributed by atoms with Gasteiger partial charge in [0.05, 0.1) is 5.56 Å². The number of carbonyl (C=O) groups excluding carboxylic acids is 2. The monoisotopic (exact) mass is 391 g/mol. The quantitative estimate of drug-likeness (QED) is 0.688. The van der Waals surface area contributed by atoms with Gasteiger partial charge in [-0.1, -0.05) is 6.07 Å². The fourth-order valence-electron chi connectivity index (χ4n) is 4.22. The number of H-pyrrole nitrogens is 1. The van der Waals surface area contributed by atoms with Crippen molar-refractivity contribution < 1.29 is 14.0 Å². The molecule has 2 heterocycles. The summed E-state index contributed by atoms with van der Waals surface area (Å²) in [5.74, 6) is -0.330. The number of hydrogen-bond donors (Lipinski definition) is 2. The van der Waals surface area contributed by atoms with Crippen LogP contribution in [0.1, 0.15) is 40.9 Å². The van der Waals surface area contributed by atoms with Crippen molar-refractivity contribution in [1.29, 1.82) is 0 Å². The summed E-state index contributed by atoms with van der Waals surface area (Å²) in [5.41, 5.74) is 4.51. The van der Waals surface area contributed by atoms with E-state index in [1.807, 2.05) is 23.1 Å². The molecule has 2 amide bonds. The van der Waals surface area contributed by atoms with Gasteiger partial charge in [0.15, 0.2) is 0 Å². The molecule has 0 radical (unpaired) electrons. The second kappa shape index (κ2) is 6.72. The highest BCUT2D eigenvalue weighted by molar-refractivity contribution is 6.14. The predicted molar refractivity (Wildman–Crippen MR) is 111 cm³/mol. The van der Waals surface area contributed by atoms with Crippen molar-refractivity contribution in [2.24, 2.45) is 5.92 Å². The highest BCUT2D eigenvalue weighted by Gasteiger charge is 2.35. The molecule has 2 aromatic carbocycles. The van der Waals surface area contributed by atoms with E-state index in [-0.39, 0.29) is 23.5 Å². The SMILES string of the molecule is Cc1[nH]c2ccc(F)cc2c1C(=O)Nc1ccc2c(c1)N(C(=O)C1CC1)CCC2. The third-order valence-electron chi connectivity index (χ3n) is 5.83. The van der Waals surface area contributed by atoms with Crippen LogP contribution in [0.5, 0.6) is 0 Å². The van der Waals surface area contributed by atoms with E-state index in [1.54, 1.807) is 13.0 Å². The van der Waals surface area contributed by atoms with E-state index in [1.165, 1.54) is 12.1 Å². The van der Waals surface area contributed by atoms with Gasteiger partial charge in [0.25, 0.3) is 5.91 Å². The van der Waals surface area contributed by atoms with Gasteiger partial charge < -0.3 is 15.2 Å². The van der Waals surface area contributed by atoms with Crippen LogP contribution < -0.4 is 10.2 Å². The van der Waals surface area contributed by atoms with Crippen LogP contribution in [0.3, 0.4) is 0 Å². The van der Waals surface area contributed by atoms with E-state index in [0.29, 0.717) is 22.3 Å². The third-order valence-corrected chi connectivity index (χ3v) is 5.83. The second-order valence-electron chi connectivity index (χ2n) is 7.98. The van der Waals surface area contributed by atoms with E-state index < -0.39 is 0 Å². The Hall–Kier alpha value is -3.15. The Labute approximate surface area is 167 Å². The Morgan fingerprint density at radius 1 is 1.17 bits per heavy atom. The van der Waals surface area contributed by atoms with Crippen molar-refractivity contribution in [3.8, 4) is 0 Å². The van der Waals surface area contributed by atoms with Gasteiger partial charge in [0.2, 0.25) is 5.91 Å². The molecule has 2 aliphatic rings. The second-order valence-corrected chi connectivity index (χ2v) is 7.98. The molecule has 1 aromatic heterocycles. The van der Waals surface area contributed by atoms with E-state index in [0.717, 1.165) is 49.0 Å². The summed E-state index contributed by atoms with van der Waals surface area (Å²) in [7, 11) is 0. The Balaban J connectivity index is 1.46. The van der Waals surface area contributed by atoms with Gasteiger partial charge in [-0.25, -0.2) is 4.39 Å². The molecule has 1 aliphatic carbocycles. The number of hydrogen-bond acceptors (Lipinski definition) is 2. The van der Waals surface area contributed by atoms with E-state index in [9.17, 15) is 14.0 Å². The first-order chi connectivity index (χ1) is 14.0. The zero-order valence-electron chi connectivity index (χ0n) is 16.2. The maximum absolute atomic E-state index is 13.7. The summed E-state index contributed by atoms with van der Waals surface area (Å²) in [4.78, 5) is 30.7. The number of aromatic nitrogens is 1. The zero-order valence-corrected chi connectivity index (χ0v) is 16.2. The van der Waals surface area contributed by atoms with Gasteiger partial charge >= 0.3 is 0 Å². The van der Waals surface area contributed by atoms with Gasteiger partial charge in [-0.3, -0.25) is 9.59 Å². The minimum Gasteiger partial charge on any atom is -0.358 e. The molecule has 148 valence electrons. The minimum absolute atomic E-state index is 0.156. The molecule has 3 aromatic rings. The maximum atomic E-state index is 13.7. The van der Waals surface area contributed by atoms with Gasteiger partial charge in [-0.15, -0.1) is 0 Å². The first-order valence-corrected chi connectivity index (χ1v) is 10.0. The number of nitrogens with one attached hydrogen (secondary N) is 2. The Morgan fingerprint density at radius 3 is 2.79 bits per heavy atom. The maximum Gasteiger partial charge on any atom is 0.258 e. The number of benzene rings is 2. The lowest BCUT2D eigenvalue weighted by molar-refractivity contribution is -0.119.